The van der Waals surface area contributed by atoms with E-state index in [9.17, 15) is 4.55 Å². The fourth-order valence-electron chi connectivity index (χ4n) is 3.10. The van der Waals surface area contributed by atoms with E-state index in [0.29, 0.717) is 22.2 Å². The Labute approximate surface area is 168 Å². The number of hydrogen-bond acceptors (Lipinski definition) is 7. The van der Waals surface area contributed by atoms with Gasteiger partial charge >= 0.3 is 0 Å². The molecule has 29 heavy (non-hydrogen) atoms. The molecule has 1 atom stereocenters. The number of hydrogen-bond donors (Lipinski definition) is 2. The Bertz CT molecular complexity index is 1330. The van der Waals surface area contributed by atoms with Crippen LogP contribution in [0.4, 0.5) is 11.6 Å². The van der Waals surface area contributed by atoms with Crippen LogP contribution in [0.5, 0.6) is 0 Å². The van der Waals surface area contributed by atoms with Gasteiger partial charge in [0.25, 0.3) is 0 Å². The van der Waals surface area contributed by atoms with E-state index in [1.54, 1.807) is 41.3 Å². The van der Waals surface area contributed by atoms with Gasteiger partial charge in [0.1, 0.15) is 0 Å². The predicted octanol–water partition coefficient (Wildman–Crippen LogP) is 3.06. The topological polar surface area (TPSA) is 117 Å². The zero-order chi connectivity index (χ0) is 19.8. The van der Waals surface area contributed by atoms with Gasteiger partial charge in [0.2, 0.25) is 5.95 Å². The Kier molecular flexibility index (Phi) is 4.32. The summed E-state index contributed by atoms with van der Waals surface area (Å²) in [4.78, 5) is 13.8. The van der Waals surface area contributed by atoms with Crippen LogP contribution in [0.3, 0.4) is 0 Å². The molecule has 5 rings (SSSR count). The Morgan fingerprint density at radius 3 is 2.79 bits per heavy atom. The van der Waals surface area contributed by atoms with Crippen LogP contribution in [-0.2, 0) is 11.4 Å². The number of pyridine rings is 1. The van der Waals surface area contributed by atoms with Gasteiger partial charge in [-0.05, 0) is 24.3 Å². The molecule has 0 bridgehead atoms. The SMILES string of the molecule is N[S+]([O-])c1cccc(Nc2nc3cncc(-c4cnc5ccccc5c4)n3n2)c1. The third kappa shape index (κ3) is 3.38. The summed E-state index contributed by atoms with van der Waals surface area (Å²) >= 11 is -1.56. The molecule has 8 nitrogen and oxygen atoms in total. The lowest BCUT2D eigenvalue weighted by molar-refractivity contribution is 0.597. The molecule has 3 N–H and O–H groups in total. The van der Waals surface area contributed by atoms with E-state index >= 15 is 0 Å². The number of nitrogens with zero attached hydrogens (tertiary/aromatic N) is 5. The average Bonchev–Trinajstić information content (AvgIpc) is 3.16. The van der Waals surface area contributed by atoms with Gasteiger partial charge in [-0.3, -0.25) is 9.97 Å². The third-order valence-corrected chi connectivity index (χ3v) is 5.17. The largest absolute Gasteiger partial charge is 0.593 e. The number of rotatable bonds is 4. The highest BCUT2D eigenvalue weighted by Gasteiger charge is 2.12. The monoisotopic (exact) mass is 401 g/mol. The van der Waals surface area contributed by atoms with Crippen molar-refractivity contribution in [3.05, 3.63) is 73.2 Å². The molecule has 0 aliphatic carbocycles. The maximum absolute atomic E-state index is 11.5. The van der Waals surface area contributed by atoms with Crippen LogP contribution in [0, 0.1) is 0 Å². The zero-order valence-corrected chi connectivity index (χ0v) is 15.9. The smallest absolute Gasteiger partial charge is 0.247 e. The summed E-state index contributed by atoms with van der Waals surface area (Å²) in [5.41, 5.74) is 3.88. The Hall–Kier alpha value is -3.53. The number of anilines is 2. The minimum absolute atomic E-state index is 0.396. The molecular weight excluding hydrogens is 386 g/mol. The summed E-state index contributed by atoms with van der Waals surface area (Å²) < 4.78 is 13.2. The summed E-state index contributed by atoms with van der Waals surface area (Å²) in [7, 11) is 0. The second kappa shape index (κ2) is 7.13. The summed E-state index contributed by atoms with van der Waals surface area (Å²) in [6.45, 7) is 0. The van der Waals surface area contributed by atoms with Crippen molar-refractivity contribution < 1.29 is 4.55 Å². The van der Waals surface area contributed by atoms with Crippen LogP contribution in [-0.4, -0.2) is 29.1 Å². The molecule has 2 aromatic carbocycles. The van der Waals surface area contributed by atoms with Crippen LogP contribution in [0.15, 0.2) is 78.1 Å². The van der Waals surface area contributed by atoms with E-state index in [1.165, 1.54) is 0 Å². The molecule has 3 heterocycles. The molecule has 0 aliphatic heterocycles. The molecule has 0 radical (unpaired) electrons. The van der Waals surface area contributed by atoms with Gasteiger partial charge in [-0.15, -0.1) is 10.2 Å². The quantitative estimate of drug-likeness (QED) is 0.444. The first-order valence-corrected chi connectivity index (χ1v) is 9.98. The van der Waals surface area contributed by atoms with Crippen molar-refractivity contribution in [2.24, 2.45) is 5.14 Å². The first-order chi connectivity index (χ1) is 14.2. The molecule has 5 aromatic rings. The van der Waals surface area contributed by atoms with Crippen LogP contribution in [0.1, 0.15) is 0 Å². The van der Waals surface area contributed by atoms with E-state index in [-0.39, 0.29) is 0 Å². The van der Waals surface area contributed by atoms with E-state index in [2.05, 4.69) is 25.4 Å². The van der Waals surface area contributed by atoms with E-state index < -0.39 is 11.4 Å². The maximum atomic E-state index is 11.5. The first kappa shape index (κ1) is 17.6. The number of nitrogens with one attached hydrogen (secondary N) is 1. The highest BCUT2D eigenvalue weighted by atomic mass is 32.2. The number of nitrogens with two attached hydrogens (primary N) is 1. The van der Waals surface area contributed by atoms with Gasteiger partial charge in [-0.1, -0.05) is 24.3 Å². The number of benzene rings is 2. The molecule has 9 heteroatoms. The van der Waals surface area contributed by atoms with Gasteiger partial charge in [-0.25, -0.2) is 4.52 Å². The van der Waals surface area contributed by atoms with Gasteiger partial charge in [0.15, 0.2) is 10.5 Å². The minimum Gasteiger partial charge on any atom is -0.593 e. The predicted molar refractivity (Wildman–Crippen MR) is 112 cm³/mol. The van der Waals surface area contributed by atoms with Gasteiger partial charge in [0.05, 0.1) is 35.0 Å². The highest BCUT2D eigenvalue weighted by Crippen LogP contribution is 2.24. The van der Waals surface area contributed by atoms with Crippen molar-refractivity contribution in [2.45, 2.75) is 4.90 Å². The second-order valence-corrected chi connectivity index (χ2v) is 7.43. The first-order valence-electron chi connectivity index (χ1n) is 8.76. The molecule has 0 aliphatic rings. The summed E-state index contributed by atoms with van der Waals surface area (Å²) in [5.74, 6) is 0.396. The normalized spacial score (nSPS) is 12.3. The van der Waals surface area contributed by atoms with Crippen molar-refractivity contribution in [3.8, 4) is 11.3 Å². The maximum Gasteiger partial charge on any atom is 0.247 e. The number of aromatic nitrogens is 5. The molecule has 0 saturated heterocycles. The number of para-hydroxylation sites is 1. The molecule has 142 valence electrons. The van der Waals surface area contributed by atoms with Gasteiger partial charge in [-0.2, -0.15) is 4.98 Å². The van der Waals surface area contributed by atoms with Gasteiger partial charge in [0, 0.05) is 28.9 Å². The fourth-order valence-corrected chi connectivity index (χ4v) is 3.56. The van der Waals surface area contributed by atoms with Crippen molar-refractivity contribution in [2.75, 3.05) is 5.32 Å². The summed E-state index contributed by atoms with van der Waals surface area (Å²) in [6, 6.07) is 17.0. The molecule has 3 aromatic heterocycles. The van der Waals surface area contributed by atoms with E-state index in [0.717, 1.165) is 22.2 Å². The fraction of sp³-hybridized carbons (Fsp3) is 0. The lowest BCUT2D eigenvalue weighted by Gasteiger charge is -2.06. The summed E-state index contributed by atoms with van der Waals surface area (Å²) in [5, 5.41) is 14.2. The van der Waals surface area contributed by atoms with Crippen molar-refractivity contribution in [3.63, 3.8) is 0 Å². The van der Waals surface area contributed by atoms with Crippen LogP contribution >= 0.6 is 0 Å². The standard InChI is InChI=1S/C20H15N7OS/c21-29(28)16-6-3-5-15(9-16)24-20-25-19-12-22-11-18(27(19)26-20)14-8-13-4-1-2-7-17(13)23-10-14/h1-12H,21H2,(H,24,26). The molecule has 0 saturated carbocycles. The molecule has 0 amide bonds. The zero-order valence-electron chi connectivity index (χ0n) is 15.1. The summed E-state index contributed by atoms with van der Waals surface area (Å²) in [6.07, 6.45) is 5.17. The molecule has 0 spiro atoms. The van der Waals surface area contributed by atoms with Crippen molar-refractivity contribution >= 4 is 39.5 Å². The minimum atomic E-state index is -1.56. The van der Waals surface area contributed by atoms with Crippen molar-refractivity contribution in [1.29, 1.82) is 0 Å². The lowest BCUT2D eigenvalue weighted by Crippen LogP contribution is -2.12. The van der Waals surface area contributed by atoms with Gasteiger partial charge < -0.3 is 9.87 Å². The Morgan fingerprint density at radius 2 is 1.90 bits per heavy atom. The number of fused-ring (bicyclic) bond motifs is 2. The Morgan fingerprint density at radius 1 is 1.00 bits per heavy atom. The van der Waals surface area contributed by atoms with Crippen molar-refractivity contribution in [1.82, 2.24) is 24.6 Å². The third-order valence-electron chi connectivity index (χ3n) is 4.46. The van der Waals surface area contributed by atoms with Crippen LogP contribution in [0.25, 0.3) is 27.8 Å². The lowest BCUT2D eigenvalue weighted by atomic mass is 10.1. The average molecular weight is 401 g/mol. The second-order valence-electron chi connectivity index (χ2n) is 6.36. The van der Waals surface area contributed by atoms with Crippen LogP contribution < -0.4 is 10.5 Å². The Balaban J connectivity index is 1.55. The molecule has 1 unspecified atom stereocenters. The molecule has 0 fully saturated rings. The van der Waals surface area contributed by atoms with E-state index in [4.69, 9.17) is 5.14 Å². The highest BCUT2D eigenvalue weighted by molar-refractivity contribution is 7.89. The van der Waals surface area contributed by atoms with Crippen LogP contribution in [0.2, 0.25) is 0 Å². The molecular formula is C20H15N7OS. The van der Waals surface area contributed by atoms with E-state index in [1.807, 2.05) is 36.4 Å².